The van der Waals surface area contributed by atoms with Crippen LogP contribution in [-0.2, 0) is 11.2 Å². The average molecular weight is 461 g/mol. The zero-order valence-electron chi connectivity index (χ0n) is 18.7. The Kier molecular flexibility index (Phi) is 8.53. The number of hydrogen-bond donors (Lipinski definition) is 4. The number of primary amides is 1. The number of aromatic nitrogens is 1. The Labute approximate surface area is 191 Å². The van der Waals surface area contributed by atoms with Crippen molar-refractivity contribution < 1.29 is 18.4 Å². The van der Waals surface area contributed by atoms with E-state index in [-0.39, 0.29) is 42.1 Å². The number of benzene rings is 1. The lowest BCUT2D eigenvalue weighted by Crippen LogP contribution is -2.42. The van der Waals surface area contributed by atoms with Gasteiger partial charge in [-0.3, -0.25) is 9.59 Å². The molecule has 2 aromatic rings. The standard InChI is InChI=1S/C23H30F2N6O2/c1-15(28-14-20(26)32)13-29-23(33)18-12-19(25)22(31-9-2-3-10-31)30-21(18)27-8-7-16-5-4-6-17(24)11-16/h4-6,11-12,15,28H,2-3,7-10,13-14H2,1H3,(H2,26,32)(H,27,30)(H,29,33)/t15-/m1/s1. The van der Waals surface area contributed by atoms with Crippen molar-refractivity contribution in [1.29, 1.82) is 0 Å². The van der Waals surface area contributed by atoms with Crippen LogP contribution in [0.1, 0.15) is 35.7 Å². The first-order chi connectivity index (χ1) is 15.8. The molecule has 3 rings (SSSR count). The molecule has 0 saturated carbocycles. The zero-order valence-corrected chi connectivity index (χ0v) is 18.7. The van der Waals surface area contributed by atoms with Crippen molar-refractivity contribution in [2.45, 2.75) is 32.2 Å². The molecule has 1 saturated heterocycles. The number of hydrogen-bond acceptors (Lipinski definition) is 6. The topological polar surface area (TPSA) is 112 Å². The third-order valence-corrected chi connectivity index (χ3v) is 5.40. The summed E-state index contributed by atoms with van der Waals surface area (Å²) in [7, 11) is 0. The first-order valence-corrected chi connectivity index (χ1v) is 11.1. The van der Waals surface area contributed by atoms with Gasteiger partial charge in [-0.1, -0.05) is 12.1 Å². The van der Waals surface area contributed by atoms with E-state index in [0.29, 0.717) is 26.1 Å². The molecule has 0 spiro atoms. The normalized spacial score (nSPS) is 14.2. The Bertz CT molecular complexity index is 981. The fourth-order valence-electron chi connectivity index (χ4n) is 3.64. The Morgan fingerprint density at radius 1 is 1.21 bits per heavy atom. The van der Waals surface area contributed by atoms with Crippen LogP contribution in [0.2, 0.25) is 0 Å². The van der Waals surface area contributed by atoms with E-state index in [1.807, 2.05) is 11.0 Å². The van der Waals surface area contributed by atoms with Crippen LogP contribution in [0.5, 0.6) is 0 Å². The van der Waals surface area contributed by atoms with Crippen LogP contribution in [0.15, 0.2) is 30.3 Å². The van der Waals surface area contributed by atoms with Crippen molar-refractivity contribution in [2.24, 2.45) is 5.73 Å². The van der Waals surface area contributed by atoms with E-state index < -0.39 is 17.6 Å². The molecule has 1 aromatic heterocycles. The van der Waals surface area contributed by atoms with Gasteiger partial charge in [0.25, 0.3) is 5.91 Å². The number of nitrogens with one attached hydrogen (secondary N) is 3. The van der Waals surface area contributed by atoms with Crippen molar-refractivity contribution >= 4 is 23.5 Å². The molecule has 1 aliphatic heterocycles. The van der Waals surface area contributed by atoms with Crippen LogP contribution < -0.4 is 26.6 Å². The largest absolute Gasteiger partial charge is 0.369 e. The molecule has 0 bridgehead atoms. The van der Waals surface area contributed by atoms with E-state index >= 15 is 0 Å². The van der Waals surface area contributed by atoms with Crippen LogP contribution >= 0.6 is 0 Å². The maximum atomic E-state index is 14.9. The van der Waals surface area contributed by atoms with Gasteiger partial charge in [-0.05, 0) is 49.9 Å². The van der Waals surface area contributed by atoms with Crippen LogP contribution in [0.25, 0.3) is 0 Å². The molecule has 1 aromatic carbocycles. The summed E-state index contributed by atoms with van der Waals surface area (Å²) in [6.45, 7) is 3.80. The second kappa shape index (κ2) is 11.6. The zero-order chi connectivity index (χ0) is 23.8. The third-order valence-electron chi connectivity index (χ3n) is 5.40. The van der Waals surface area contributed by atoms with Gasteiger partial charge in [0, 0.05) is 32.2 Å². The molecule has 5 N–H and O–H groups in total. The van der Waals surface area contributed by atoms with Crippen molar-refractivity contribution in [3.8, 4) is 0 Å². The van der Waals surface area contributed by atoms with Gasteiger partial charge in [0.2, 0.25) is 5.91 Å². The number of nitrogens with zero attached hydrogens (tertiary/aromatic N) is 2. The van der Waals surface area contributed by atoms with Crippen molar-refractivity contribution in [3.05, 3.63) is 53.1 Å². The molecule has 1 fully saturated rings. The van der Waals surface area contributed by atoms with E-state index in [0.717, 1.165) is 18.4 Å². The maximum Gasteiger partial charge on any atom is 0.255 e. The molecule has 10 heteroatoms. The second-order valence-corrected chi connectivity index (χ2v) is 8.15. The smallest absolute Gasteiger partial charge is 0.255 e. The van der Waals surface area contributed by atoms with Crippen LogP contribution in [-0.4, -0.2) is 55.6 Å². The lowest BCUT2D eigenvalue weighted by atomic mass is 10.1. The molecule has 178 valence electrons. The van der Waals surface area contributed by atoms with Crippen LogP contribution in [0, 0.1) is 11.6 Å². The highest BCUT2D eigenvalue weighted by molar-refractivity contribution is 5.99. The first kappa shape index (κ1) is 24.4. The number of pyridine rings is 1. The highest BCUT2D eigenvalue weighted by atomic mass is 19.1. The summed E-state index contributed by atoms with van der Waals surface area (Å²) < 4.78 is 28.3. The number of nitrogens with two attached hydrogens (primary N) is 1. The van der Waals surface area contributed by atoms with Crippen LogP contribution in [0.3, 0.4) is 0 Å². The molecule has 1 atom stereocenters. The molecule has 33 heavy (non-hydrogen) atoms. The van der Waals surface area contributed by atoms with E-state index in [9.17, 15) is 18.4 Å². The molecule has 0 aliphatic carbocycles. The lowest BCUT2D eigenvalue weighted by molar-refractivity contribution is -0.117. The minimum Gasteiger partial charge on any atom is -0.369 e. The monoisotopic (exact) mass is 460 g/mol. The number of carbonyl (C=O) groups is 2. The number of halogens is 2. The quantitative estimate of drug-likeness (QED) is 0.407. The summed E-state index contributed by atoms with van der Waals surface area (Å²) >= 11 is 0. The van der Waals surface area contributed by atoms with Gasteiger partial charge in [-0.15, -0.1) is 0 Å². The van der Waals surface area contributed by atoms with Crippen molar-refractivity contribution in [2.75, 3.05) is 42.9 Å². The van der Waals surface area contributed by atoms with Gasteiger partial charge < -0.3 is 26.6 Å². The highest BCUT2D eigenvalue weighted by Crippen LogP contribution is 2.26. The minimum absolute atomic E-state index is 0.00929. The first-order valence-electron chi connectivity index (χ1n) is 11.1. The van der Waals surface area contributed by atoms with Gasteiger partial charge >= 0.3 is 0 Å². The van der Waals surface area contributed by atoms with Gasteiger partial charge in [-0.2, -0.15) is 0 Å². The average Bonchev–Trinajstić information content (AvgIpc) is 3.31. The SMILES string of the molecule is C[C@H](CNC(=O)c1cc(F)c(N2CCCC2)nc1NCCc1cccc(F)c1)NCC(N)=O. The predicted molar refractivity (Wildman–Crippen MR) is 123 cm³/mol. The summed E-state index contributed by atoms with van der Waals surface area (Å²) in [6, 6.07) is 7.26. The highest BCUT2D eigenvalue weighted by Gasteiger charge is 2.23. The van der Waals surface area contributed by atoms with Crippen molar-refractivity contribution in [3.63, 3.8) is 0 Å². The Hall–Kier alpha value is -3.27. The van der Waals surface area contributed by atoms with E-state index in [1.54, 1.807) is 13.0 Å². The molecule has 2 amide bonds. The molecular formula is C23H30F2N6O2. The Morgan fingerprint density at radius 3 is 2.67 bits per heavy atom. The molecular weight excluding hydrogens is 430 g/mol. The summed E-state index contributed by atoms with van der Waals surface area (Å²) in [6.07, 6.45) is 2.43. The molecule has 1 aliphatic rings. The van der Waals surface area contributed by atoms with E-state index in [1.165, 1.54) is 18.2 Å². The summed E-state index contributed by atoms with van der Waals surface area (Å²) in [5, 5.41) is 8.73. The maximum absolute atomic E-state index is 14.9. The number of carbonyl (C=O) groups excluding carboxylic acids is 2. The predicted octanol–water partition coefficient (Wildman–Crippen LogP) is 1.81. The fourth-order valence-corrected chi connectivity index (χ4v) is 3.64. The van der Waals surface area contributed by atoms with Crippen molar-refractivity contribution in [1.82, 2.24) is 15.6 Å². The second-order valence-electron chi connectivity index (χ2n) is 8.15. The van der Waals surface area contributed by atoms with E-state index in [4.69, 9.17) is 5.73 Å². The third kappa shape index (κ3) is 7.11. The summed E-state index contributed by atoms with van der Waals surface area (Å²) in [5.41, 5.74) is 5.99. The Balaban J connectivity index is 1.73. The van der Waals surface area contributed by atoms with Gasteiger partial charge in [0.1, 0.15) is 11.6 Å². The van der Waals surface area contributed by atoms with E-state index in [2.05, 4.69) is 20.9 Å². The molecule has 0 radical (unpaired) electrons. The number of anilines is 2. The molecule has 2 heterocycles. The Morgan fingerprint density at radius 2 is 1.97 bits per heavy atom. The molecule has 0 unspecified atom stereocenters. The lowest BCUT2D eigenvalue weighted by Gasteiger charge is -2.20. The van der Waals surface area contributed by atoms with Gasteiger partial charge in [-0.25, -0.2) is 13.8 Å². The minimum atomic E-state index is -0.558. The fraction of sp³-hybridized carbons (Fsp3) is 0.435. The number of rotatable bonds is 11. The molecule has 8 nitrogen and oxygen atoms in total. The van der Waals surface area contributed by atoms with Crippen LogP contribution in [0.4, 0.5) is 20.4 Å². The van der Waals surface area contributed by atoms with Gasteiger partial charge in [0.05, 0.1) is 12.1 Å². The summed E-state index contributed by atoms with van der Waals surface area (Å²) in [5.74, 6) is -1.38. The van der Waals surface area contributed by atoms with Gasteiger partial charge in [0.15, 0.2) is 11.6 Å². The number of amides is 2. The summed E-state index contributed by atoms with van der Waals surface area (Å²) in [4.78, 5) is 30.0.